The number of hydrogen-bond acceptors (Lipinski definition) is 3. The summed E-state index contributed by atoms with van der Waals surface area (Å²) in [6.45, 7) is 0. The standard InChI is InChI=1S/C49H31N3/c1-3-15-38-32(11-1)13-9-19-44(38)48-30-35(31-49(52-48)45-20-10-14-33-12-2-4-16-39(33)45)34-27-36(40-23-25-50-46-21-7-5-17-42(40)46)29-37(28-34)41-24-26-51-47-22-8-6-18-43(41)47/h1-31H. The maximum absolute atomic E-state index is 5.43. The van der Waals surface area contributed by atoms with Crippen LogP contribution in [0.2, 0.25) is 0 Å². The maximum Gasteiger partial charge on any atom is 0.0721 e. The van der Waals surface area contributed by atoms with Crippen LogP contribution in [0.25, 0.3) is 99.2 Å². The van der Waals surface area contributed by atoms with Gasteiger partial charge < -0.3 is 0 Å². The first-order valence-corrected chi connectivity index (χ1v) is 17.6. The Morgan fingerprint density at radius 3 is 1.21 bits per heavy atom. The van der Waals surface area contributed by atoms with Crippen LogP contribution in [-0.4, -0.2) is 15.0 Å². The first-order valence-electron chi connectivity index (χ1n) is 17.6. The summed E-state index contributed by atoms with van der Waals surface area (Å²) in [6, 6.07) is 62.6. The number of nitrogens with zero attached hydrogens (tertiary/aromatic N) is 3. The molecule has 10 rings (SSSR count). The van der Waals surface area contributed by atoms with Gasteiger partial charge >= 0.3 is 0 Å². The third kappa shape index (κ3) is 5.19. The number of rotatable bonds is 5. The average Bonchev–Trinajstić information content (AvgIpc) is 3.22. The summed E-state index contributed by atoms with van der Waals surface area (Å²) in [6.07, 6.45) is 3.82. The van der Waals surface area contributed by atoms with E-state index in [-0.39, 0.29) is 0 Å². The molecule has 3 aromatic heterocycles. The van der Waals surface area contributed by atoms with E-state index in [4.69, 9.17) is 15.0 Å². The summed E-state index contributed by atoms with van der Waals surface area (Å²) in [5.41, 5.74) is 12.8. The molecule has 0 aliphatic rings. The van der Waals surface area contributed by atoms with E-state index in [1.54, 1.807) is 0 Å². The molecule has 0 N–H and O–H groups in total. The SMILES string of the molecule is c1ccc2c(-c3cc(-c4cc(-c5ccnc6ccccc56)cc(-c5ccnc6ccccc56)c4)cc(-c4cccc5ccccc45)n3)cccc2c1. The van der Waals surface area contributed by atoms with Crippen molar-refractivity contribution < 1.29 is 0 Å². The number of benzene rings is 7. The van der Waals surface area contributed by atoms with Gasteiger partial charge in [0.1, 0.15) is 0 Å². The van der Waals surface area contributed by atoms with Crippen molar-refractivity contribution in [2.75, 3.05) is 0 Å². The van der Waals surface area contributed by atoms with Gasteiger partial charge in [0, 0.05) is 34.3 Å². The maximum atomic E-state index is 5.43. The van der Waals surface area contributed by atoms with Crippen molar-refractivity contribution in [2.45, 2.75) is 0 Å². The van der Waals surface area contributed by atoms with E-state index < -0.39 is 0 Å². The molecule has 0 aliphatic heterocycles. The highest BCUT2D eigenvalue weighted by Crippen LogP contribution is 2.40. The molecule has 52 heavy (non-hydrogen) atoms. The van der Waals surface area contributed by atoms with Crippen molar-refractivity contribution in [3.05, 3.63) is 188 Å². The molecule has 0 saturated carbocycles. The van der Waals surface area contributed by atoms with Crippen molar-refractivity contribution in [3.63, 3.8) is 0 Å². The van der Waals surface area contributed by atoms with E-state index >= 15 is 0 Å². The van der Waals surface area contributed by atoms with Crippen LogP contribution in [0, 0.1) is 0 Å². The molecule has 3 heteroatoms. The monoisotopic (exact) mass is 661 g/mol. The lowest BCUT2D eigenvalue weighted by Crippen LogP contribution is -1.94. The largest absolute Gasteiger partial charge is 0.256 e. The zero-order valence-corrected chi connectivity index (χ0v) is 28.2. The van der Waals surface area contributed by atoms with Crippen LogP contribution < -0.4 is 0 Å². The minimum absolute atomic E-state index is 0.938. The second kappa shape index (κ2) is 12.4. The molecule has 0 amide bonds. The van der Waals surface area contributed by atoms with Crippen LogP contribution in [0.5, 0.6) is 0 Å². The number of hydrogen-bond donors (Lipinski definition) is 0. The minimum atomic E-state index is 0.938. The molecular weight excluding hydrogens is 631 g/mol. The fourth-order valence-electron chi connectivity index (χ4n) is 7.67. The van der Waals surface area contributed by atoms with Crippen molar-refractivity contribution in [1.82, 2.24) is 15.0 Å². The van der Waals surface area contributed by atoms with Crippen molar-refractivity contribution >= 4 is 43.4 Å². The van der Waals surface area contributed by atoms with Gasteiger partial charge in [0.15, 0.2) is 0 Å². The summed E-state index contributed by atoms with van der Waals surface area (Å²) < 4.78 is 0. The summed E-state index contributed by atoms with van der Waals surface area (Å²) >= 11 is 0. The Kier molecular flexibility index (Phi) is 7.14. The van der Waals surface area contributed by atoms with Gasteiger partial charge in [-0.1, -0.05) is 121 Å². The molecule has 7 aromatic carbocycles. The lowest BCUT2D eigenvalue weighted by Gasteiger charge is -2.16. The number of para-hydroxylation sites is 2. The lowest BCUT2D eigenvalue weighted by molar-refractivity contribution is 1.33. The van der Waals surface area contributed by atoms with E-state index in [9.17, 15) is 0 Å². The zero-order valence-electron chi connectivity index (χ0n) is 28.2. The second-order valence-electron chi connectivity index (χ2n) is 13.2. The van der Waals surface area contributed by atoms with Gasteiger partial charge in [-0.05, 0) is 110 Å². The van der Waals surface area contributed by atoms with E-state index in [0.717, 1.165) is 77.7 Å². The first kappa shape index (κ1) is 29.9. The Morgan fingerprint density at radius 1 is 0.288 bits per heavy atom. The van der Waals surface area contributed by atoms with Gasteiger partial charge in [-0.2, -0.15) is 0 Å². The smallest absolute Gasteiger partial charge is 0.0721 e. The Balaban J connectivity index is 1.28. The number of pyridine rings is 3. The summed E-state index contributed by atoms with van der Waals surface area (Å²) in [4.78, 5) is 14.8. The second-order valence-corrected chi connectivity index (χ2v) is 13.2. The summed E-state index contributed by atoms with van der Waals surface area (Å²) in [5, 5.41) is 6.99. The van der Waals surface area contributed by atoms with Crippen LogP contribution in [0.1, 0.15) is 0 Å². The van der Waals surface area contributed by atoms with Crippen LogP contribution in [0.4, 0.5) is 0 Å². The molecule has 0 aliphatic carbocycles. The van der Waals surface area contributed by atoms with Gasteiger partial charge in [0.05, 0.1) is 22.4 Å². The predicted octanol–water partition coefficient (Wildman–Crippen LogP) is 12.8. The lowest BCUT2D eigenvalue weighted by atomic mass is 9.90. The Bertz CT molecular complexity index is 2560. The van der Waals surface area contributed by atoms with Crippen LogP contribution >= 0.6 is 0 Å². The molecule has 10 aromatic rings. The van der Waals surface area contributed by atoms with E-state index in [1.165, 1.54) is 21.5 Å². The van der Waals surface area contributed by atoms with Gasteiger partial charge in [0.25, 0.3) is 0 Å². The Labute approximate surface area is 301 Å². The zero-order chi connectivity index (χ0) is 34.4. The normalized spacial score (nSPS) is 11.5. The molecule has 0 radical (unpaired) electrons. The van der Waals surface area contributed by atoms with Crippen LogP contribution in [-0.2, 0) is 0 Å². The van der Waals surface area contributed by atoms with Crippen molar-refractivity contribution in [2.24, 2.45) is 0 Å². The van der Waals surface area contributed by atoms with Gasteiger partial charge in [0.2, 0.25) is 0 Å². The van der Waals surface area contributed by atoms with Gasteiger partial charge in [-0.15, -0.1) is 0 Å². The summed E-state index contributed by atoms with van der Waals surface area (Å²) in [7, 11) is 0. The number of aromatic nitrogens is 3. The third-order valence-electron chi connectivity index (χ3n) is 10.1. The van der Waals surface area contributed by atoms with E-state index in [2.05, 4.69) is 164 Å². The average molecular weight is 662 g/mol. The molecule has 0 unspecified atom stereocenters. The fraction of sp³-hybridized carbons (Fsp3) is 0. The summed E-state index contributed by atoms with van der Waals surface area (Å²) in [5.74, 6) is 0. The topological polar surface area (TPSA) is 38.7 Å². The molecule has 0 atom stereocenters. The molecule has 0 saturated heterocycles. The van der Waals surface area contributed by atoms with Gasteiger partial charge in [-0.25, -0.2) is 4.98 Å². The highest BCUT2D eigenvalue weighted by molar-refractivity contribution is 6.02. The quantitative estimate of drug-likeness (QED) is 0.184. The van der Waals surface area contributed by atoms with Crippen molar-refractivity contribution in [3.8, 4) is 55.9 Å². The fourth-order valence-corrected chi connectivity index (χ4v) is 7.67. The molecule has 0 spiro atoms. The minimum Gasteiger partial charge on any atom is -0.256 e. The molecular formula is C49H31N3. The Morgan fingerprint density at radius 2 is 0.692 bits per heavy atom. The highest BCUT2D eigenvalue weighted by Gasteiger charge is 2.16. The van der Waals surface area contributed by atoms with E-state index in [0.29, 0.717) is 0 Å². The third-order valence-corrected chi connectivity index (χ3v) is 10.1. The molecule has 0 fully saturated rings. The molecule has 0 bridgehead atoms. The first-order chi connectivity index (χ1) is 25.8. The van der Waals surface area contributed by atoms with E-state index in [1.807, 2.05) is 24.5 Å². The molecule has 242 valence electrons. The Hall–Kier alpha value is -6.97. The highest BCUT2D eigenvalue weighted by atomic mass is 14.7. The van der Waals surface area contributed by atoms with Crippen LogP contribution in [0.3, 0.4) is 0 Å². The number of fused-ring (bicyclic) bond motifs is 4. The predicted molar refractivity (Wildman–Crippen MR) is 217 cm³/mol. The van der Waals surface area contributed by atoms with Crippen LogP contribution in [0.15, 0.2) is 188 Å². The molecule has 3 nitrogen and oxygen atoms in total. The molecule has 3 heterocycles. The van der Waals surface area contributed by atoms with Gasteiger partial charge in [-0.3, -0.25) is 9.97 Å². The van der Waals surface area contributed by atoms with Crippen molar-refractivity contribution in [1.29, 1.82) is 0 Å².